The van der Waals surface area contributed by atoms with Gasteiger partial charge in [-0.05, 0) is 35.4 Å². The maximum absolute atomic E-state index is 14.0. The van der Waals surface area contributed by atoms with Crippen LogP contribution in [-0.2, 0) is 6.61 Å². The third kappa shape index (κ3) is 3.41. The van der Waals surface area contributed by atoms with E-state index >= 15 is 0 Å². The van der Waals surface area contributed by atoms with Crippen molar-refractivity contribution in [2.45, 2.75) is 6.61 Å². The number of hydrogen-bond acceptors (Lipinski definition) is 2. The van der Waals surface area contributed by atoms with Gasteiger partial charge in [-0.1, -0.05) is 36.4 Å². The molecule has 0 aliphatic heterocycles. The molecule has 0 saturated heterocycles. The van der Waals surface area contributed by atoms with Crippen molar-refractivity contribution in [2.24, 2.45) is 0 Å². The Labute approximate surface area is 138 Å². The van der Waals surface area contributed by atoms with E-state index in [1.54, 1.807) is 18.2 Å². The lowest BCUT2D eigenvalue weighted by molar-refractivity contribution is 0.305. The topological polar surface area (TPSA) is 33.0 Å². The second kappa shape index (κ2) is 6.93. The summed E-state index contributed by atoms with van der Waals surface area (Å²) in [5.74, 6) is -0.929. The molecule has 0 N–H and O–H groups in total. The molecule has 0 heterocycles. The van der Waals surface area contributed by atoms with E-state index in [4.69, 9.17) is 4.74 Å². The van der Waals surface area contributed by atoms with Crippen molar-refractivity contribution in [3.63, 3.8) is 0 Å². The normalized spacial score (nSPS) is 10.2. The highest BCUT2D eigenvalue weighted by Crippen LogP contribution is 2.29. The Morgan fingerprint density at radius 3 is 2.42 bits per heavy atom. The molecule has 2 nitrogen and oxygen atoms in total. The lowest BCUT2D eigenvalue weighted by Crippen LogP contribution is -1.98. The summed E-state index contributed by atoms with van der Waals surface area (Å²) in [5.41, 5.74) is 2.09. The molecule has 118 valence electrons. The lowest BCUT2D eigenvalue weighted by Gasteiger charge is -2.11. The van der Waals surface area contributed by atoms with Crippen molar-refractivity contribution in [1.82, 2.24) is 0 Å². The maximum atomic E-state index is 14.0. The molecule has 0 unspecified atom stereocenters. The van der Waals surface area contributed by atoms with Gasteiger partial charge in [0.1, 0.15) is 30.1 Å². The molecule has 0 aromatic heterocycles. The molecule has 0 atom stereocenters. The standard InChI is InChI=1S/C20H13F2NO/c21-17-8-9-18(19(22)11-17)15-6-7-16(12-23)20(10-15)24-13-14-4-2-1-3-5-14/h1-11H,13H2. The Morgan fingerprint density at radius 1 is 0.917 bits per heavy atom. The van der Waals surface area contributed by atoms with Crippen LogP contribution in [0.4, 0.5) is 8.78 Å². The van der Waals surface area contributed by atoms with Crippen LogP contribution in [0.2, 0.25) is 0 Å². The molecule has 0 amide bonds. The highest BCUT2D eigenvalue weighted by atomic mass is 19.1. The van der Waals surface area contributed by atoms with E-state index in [-0.39, 0.29) is 5.56 Å². The van der Waals surface area contributed by atoms with Gasteiger partial charge >= 0.3 is 0 Å². The Bertz CT molecular complexity index is 901. The van der Waals surface area contributed by atoms with Crippen LogP contribution in [0.25, 0.3) is 11.1 Å². The summed E-state index contributed by atoms with van der Waals surface area (Å²) >= 11 is 0. The Morgan fingerprint density at radius 2 is 1.71 bits per heavy atom. The van der Waals surface area contributed by atoms with Gasteiger partial charge in [-0.2, -0.15) is 5.26 Å². The van der Waals surface area contributed by atoms with Gasteiger partial charge in [0.25, 0.3) is 0 Å². The molecule has 0 bridgehead atoms. The predicted molar refractivity (Wildman–Crippen MR) is 87.3 cm³/mol. The van der Waals surface area contributed by atoms with Crippen molar-refractivity contribution in [3.05, 3.63) is 89.5 Å². The Kier molecular flexibility index (Phi) is 4.53. The SMILES string of the molecule is N#Cc1ccc(-c2ccc(F)cc2F)cc1OCc1ccccc1. The predicted octanol–water partition coefficient (Wildman–Crippen LogP) is 5.08. The van der Waals surface area contributed by atoms with E-state index in [1.807, 2.05) is 30.3 Å². The van der Waals surface area contributed by atoms with Crippen molar-refractivity contribution in [2.75, 3.05) is 0 Å². The molecule has 3 aromatic rings. The molecule has 3 rings (SSSR count). The zero-order valence-corrected chi connectivity index (χ0v) is 12.7. The number of nitriles is 1. The highest BCUT2D eigenvalue weighted by Gasteiger charge is 2.11. The molecule has 0 aliphatic carbocycles. The van der Waals surface area contributed by atoms with E-state index in [9.17, 15) is 14.0 Å². The fraction of sp³-hybridized carbons (Fsp3) is 0.0500. The summed E-state index contributed by atoms with van der Waals surface area (Å²) in [6.45, 7) is 0.297. The Hall–Kier alpha value is -3.19. The zero-order valence-electron chi connectivity index (χ0n) is 12.7. The minimum Gasteiger partial charge on any atom is -0.488 e. The first-order valence-electron chi connectivity index (χ1n) is 7.33. The third-order valence-corrected chi connectivity index (χ3v) is 3.58. The van der Waals surface area contributed by atoms with Gasteiger partial charge in [0.2, 0.25) is 0 Å². The van der Waals surface area contributed by atoms with Crippen molar-refractivity contribution < 1.29 is 13.5 Å². The van der Waals surface area contributed by atoms with Crippen LogP contribution in [0.1, 0.15) is 11.1 Å². The monoisotopic (exact) mass is 321 g/mol. The van der Waals surface area contributed by atoms with Gasteiger partial charge < -0.3 is 4.74 Å². The van der Waals surface area contributed by atoms with Crippen molar-refractivity contribution >= 4 is 0 Å². The largest absolute Gasteiger partial charge is 0.488 e. The quantitative estimate of drug-likeness (QED) is 0.671. The summed E-state index contributed by atoms with van der Waals surface area (Å²) in [6, 6.07) is 19.8. The number of halogens is 2. The first-order chi connectivity index (χ1) is 11.7. The average Bonchev–Trinajstić information content (AvgIpc) is 2.60. The average molecular weight is 321 g/mol. The number of hydrogen-bond donors (Lipinski definition) is 0. The molecular formula is C20H13F2NO. The maximum Gasteiger partial charge on any atom is 0.138 e. The minimum absolute atomic E-state index is 0.255. The molecule has 0 radical (unpaired) electrons. The van der Waals surface area contributed by atoms with Gasteiger partial charge in [-0.25, -0.2) is 8.78 Å². The molecule has 0 spiro atoms. The van der Waals surface area contributed by atoms with Crippen LogP contribution in [0.5, 0.6) is 5.75 Å². The van der Waals surface area contributed by atoms with Crippen LogP contribution in [0.15, 0.2) is 66.7 Å². The van der Waals surface area contributed by atoms with Crippen molar-refractivity contribution in [1.29, 1.82) is 5.26 Å². The van der Waals surface area contributed by atoms with Crippen LogP contribution in [0, 0.1) is 23.0 Å². The van der Waals surface area contributed by atoms with Crippen LogP contribution >= 0.6 is 0 Å². The number of nitrogens with zero attached hydrogens (tertiary/aromatic N) is 1. The summed E-state index contributed by atoms with van der Waals surface area (Å²) in [6.07, 6.45) is 0. The highest BCUT2D eigenvalue weighted by molar-refractivity contribution is 5.67. The van der Waals surface area contributed by atoms with E-state index in [1.165, 1.54) is 12.1 Å². The number of rotatable bonds is 4. The first-order valence-corrected chi connectivity index (χ1v) is 7.33. The van der Waals surface area contributed by atoms with Crippen LogP contribution in [-0.4, -0.2) is 0 Å². The van der Waals surface area contributed by atoms with Gasteiger partial charge in [-0.15, -0.1) is 0 Å². The first kappa shape index (κ1) is 15.7. The zero-order chi connectivity index (χ0) is 16.9. The minimum atomic E-state index is -0.659. The van der Waals surface area contributed by atoms with Crippen LogP contribution < -0.4 is 4.74 Å². The molecule has 0 fully saturated rings. The van der Waals surface area contributed by atoms with E-state index in [0.29, 0.717) is 23.5 Å². The summed E-state index contributed by atoms with van der Waals surface area (Å²) in [7, 11) is 0. The van der Waals surface area contributed by atoms with Gasteiger partial charge in [0.15, 0.2) is 0 Å². The Balaban J connectivity index is 1.92. The third-order valence-electron chi connectivity index (χ3n) is 3.58. The van der Waals surface area contributed by atoms with E-state index in [0.717, 1.165) is 11.6 Å². The van der Waals surface area contributed by atoms with Crippen LogP contribution in [0.3, 0.4) is 0 Å². The van der Waals surface area contributed by atoms with E-state index < -0.39 is 11.6 Å². The smallest absolute Gasteiger partial charge is 0.138 e. The fourth-order valence-electron chi connectivity index (χ4n) is 2.36. The lowest BCUT2D eigenvalue weighted by atomic mass is 10.0. The van der Waals surface area contributed by atoms with E-state index in [2.05, 4.69) is 6.07 Å². The molecular weight excluding hydrogens is 308 g/mol. The molecule has 3 aromatic carbocycles. The second-order valence-electron chi connectivity index (χ2n) is 5.22. The van der Waals surface area contributed by atoms with Gasteiger partial charge in [0.05, 0.1) is 5.56 Å². The molecule has 0 aliphatic rings. The van der Waals surface area contributed by atoms with Gasteiger partial charge in [-0.3, -0.25) is 0 Å². The summed E-state index contributed by atoms with van der Waals surface area (Å²) < 4.78 is 32.7. The number of ether oxygens (including phenoxy) is 1. The molecule has 0 saturated carbocycles. The summed E-state index contributed by atoms with van der Waals surface area (Å²) in [5, 5.41) is 9.21. The van der Waals surface area contributed by atoms with Crippen molar-refractivity contribution in [3.8, 4) is 22.9 Å². The fourth-order valence-corrected chi connectivity index (χ4v) is 2.36. The second-order valence-corrected chi connectivity index (χ2v) is 5.22. The molecule has 24 heavy (non-hydrogen) atoms. The van der Waals surface area contributed by atoms with Gasteiger partial charge in [0, 0.05) is 11.6 Å². The molecule has 4 heteroatoms. The summed E-state index contributed by atoms with van der Waals surface area (Å²) in [4.78, 5) is 0. The number of benzene rings is 3.